The average molecular weight is 403 g/mol. The van der Waals surface area contributed by atoms with Gasteiger partial charge < -0.3 is 0 Å². The van der Waals surface area contributed by atoms with Gasteiger partial charge in [0.2, 0.25) is 0 Å². The van der Waals surface area contributed by atoms with E-state index in [2.05, 4.69) is 50.8 Å². The molecule has 1 aromatic rings. The molecule has 0 unspecified atom stereocenters. The van der Waals surface area contributed by atoms with Crippen molar-refractivity contribution in [2.45, 2.75) is 18.2 Å². The van der Waals surface area contributed by atoms with Gasteiger partial charge >= 0.3 is 135 Å². The minimum absolute atomic E-state index is 0.0546. The Balaban J connectivity index is 1.76. The molecule has 0 atom stereocenters. The monoisotopic (exact) mass is 405 g/mol. The Morgan fingerprint density at radius 3 is 2.60 bits per heavy atom. The van der Waals surface area contributed by atoms with Gasteiger partial charge in [-0.2, -0.15) is 0 Å². The molecular weight excluding hydrogens is 384 g/mol. The molecule has 0 amide bonds. The third-order valence-electron chi connectivity index (χ3n) is 3.49. The molecule has 0 radical (unpaired) electrons. The Bertz CT molecular complexity index is 456. The first-order chi connectivity index (χ1) is 9.70. The molecule has 0 spiro atoms. The van der Waals surface area contributed by atoms with Crippen LogP contribution in [-0.4, -0.2) is 65.0 Å². The van der Waals surface area contributed by atoms with Crippen molar-refractivity contribution in [1.29, 1.82) is 0 Å². The number of nitrogens with zero attached hydrogens (tertiary/aromatic N) is 1. The molecule has 1 saturated heterocycles. The van der Waals surface area contributed by atoms with Crippen molar-refractivity contribution in [2.75, 3.05) is 20.2 Å². The van der Waals surface area contributed by atoms with Gasteiger partial charge in [0.05, 0.1) is 0 Å². The summed E-state index contributed by atoms with van der Waals surface area (Å²) in [6, 6.07) is 10.6. The van der Waals surface area contributed by atoms with Gasteiger partial charge in [-0.15, -0.1) is 0 Å². The molecule has 1 aliphatic heterocycles. The maximum absolute atomic E-state index is 11.5. The van der Waals surface area contributed by atoms with Gasteiger partial charge in [-0.25, -0.2) is 0 Å². The third-order valence-corrected chi connectivity index (χ3v) is 7.38. The predicted octanol–water partition coefficient (Wildman–Crippen LogP) is 1.03. The molecule has 0 N–H and O–H groups in total. The number of rotatable bonds is 5. The summed E-state index contributed by atoms with van der Waals surface area (Å²) in [5.74, 6) is 0.0340. The molecule has 5 heteroatoms. The number of carbonyl (C=O) groups excluding carboxylic acids is 1. The van der Waals surface area contributed by atoms with Crippen LogP contribution in [0.4, 0.5) is 0 Å². The average Bonchev–Trinajstić information content (AvgIpc) is 2.53. The number of hydrogen-bond acceptors (Lipinski definition) is 3. The van der Waals surface area contributed by atoms with Gasteiger partial charge in [0.15, 0.2) is 0 Å². The summed E-state index contributed by atoms with van der Waals surface area (Å²) in [6.07, 6.45) is 1.80. The first kappa shape index (κ1) is 15.8. The second-order valence-corrected chi connectivity index (χ2v) is 8.97. The first-order valence-corrected chi connectivity index (χ1v) is 9.66. The van der Waals surface area contributed by atoms with Gasteiger partial charge in [0.25, 0.3) is 0 Å². The van der Waals surface area contributed by atoms with Gasteiger partial charge in [0.1, 0.15) is 0 Å². The van der Waals surface area contributed by atoms with E-state index in [0.29, 0.717) is 15.0 Å². The van der Waals surface area contributed by atoms with Crippen molar-refractivity contribution in [3.05, 3.63) is 35.9 Å². The van der Waals surface area contributed by atoms with Crippen molar-refractivity contribution >= 4 is 39.9 Å². The van der Waals surface area contributed by atoms with E-state index in [1.165, 1.54) is 16.1 Å². The van der Waals surface area contributed by atoms with Crippen LogP contribution in [0.25, 0.3) is 0 Å². The SMILES string of the molecule is COC(=O)C1CCN(C(=[Se])[Se]Cc2ccccc2)CC1. The molecule has 1 fully saturated rings. The van der Waals surface area contributed by atoms with Crippen LogP contribution in [0.5, 0.6) is 0 Å². The Kier molecular flexibility index (Phi) is 6.31. The van der Waals surface area contributed by atoms with Crippen molar-refractivity contribution < 1.29 is 9.53 Å². The Hall–Kier alpha value is -0.601. The number of carbonyl (C=O) groups is 1. The van der Waals surface area contributed by atoms with Crippen molar-refractivity contribution in [3.8, 4) is 0 Å². The van der Waals surface area contributed by atoms with E-state index in [-0.39, 0.29) is 11.9 Å². The second-order valence-electron chi connectivity index (χ2n) is 4.82. The molecular formula is C15H19NO2Se2. The van der Waals surface area contributed by atoms with Crippen LogP contribution in [0.2, 0.25) is 0 Å². The van der Waals surface area contributed by atoms with E-state index < -0.39 is 0 Å². The van der Waals surface area contributed by atoms with E-state index in [9.17, 15) is 4.79 Å². The number of methoxy groups -OCH3 is 1. The second kappa shape index (κ2) is 7.99. The fourth-order valence-corrected chi connectivity index (χ4v) is 5.08. The first-order valence-electron chi connectivity index (χ1n) is 6.74. The number of piperidine rings is 1. The quantitative estimate of drug-likeness (QED) is 0.544. The molecule has 1 aliphatic rings. The number of esters is 1. The number of hydrogen-bond donors (Lipinski definition) is 0. The van der Waals surface area contributed by atoms with Crippen LogP contribution in [0.1, 0.15) is 18.4 Å². The van der Waals surface area contributed by atoms with Crippen LogP contribution in [0.3, 0.4) is 0 Å². The predicted molar refractivity (Wildman–Crippen MR) is 83.0 cm³/mol. The summed E-state index contributed by atoms with van der Waals surface area (Å²) < 4.78 is 6.19. The van der Waals surface area contributed by atoms with Crippen molar-refractivity contribution in [1.82, 2.24) is 4.90 Å². The molecule has 0 aromatic heterocycles. The van der Waals surface area contributed by atoms with Gasteiger partial charge in [-0.3, -0.25) is 0 Å². The van der Waals surface area contributed by atoms with E-state index in [1.54, 1.807) is 0 Å². The number of likely N-dealkylation sites (tertiary alicyclic amines) is 1. The van der Waals surface area contributed by atoms with Crippen molar-refractivity contribution in [3.63, 3.8) is 0 Å². The van der Waals surface area contributed by atoms with E-state index in [0.717, 1.165) is 31.3 Å². The molecule has 108 valence electrons. The van der Waals surface area contributed by atoms with Gasteiger partial charge in [-0.1, -0.05) is 0 Å². The maximum atomic E-state index is 11.5. The third kappa shape index (κ3) is 4.46. The zero-order chi connectivity index (χ0) is 14.4. The van der Waals surface area contributed by atoms with E-state index >= 15 is 0 Å². The summed E-state index contributed by atoms with van der Waals surface area (Å²) in [4.78, 5) is 13.9. The molecule has 0 bridgehead atoms. The van der Waals surface area contributed by atoms with Gasteiger partial charge in [-0.05, 0) is 0 Å². The summed E-state index contributed by atoms with van der Waals surface area (Å²) in [5.41, 5.74) is 1.39. The fraction of sp³-hybridized carbons (Fsp3) is 0.467. The van der Waals surface area contributed by atoms with Gasteiger partial charge in [0, 0.05) is 0 Å². The number of benzene rings is 1. The fourth-order valence-electron chi connectivity index (χ4n) is 2.28. The molecule has 2 rings (SSSR count). The topological polar surface area (TPSA) is 29.5 Å². The Morgan fingerprint density at radius 1 is 1.35 bits per heavy atom. The standard InChI is InChI=1S/C15H19NO2Se2/c1-18-14(17)13-7-9-16(10-8-13)15(19)20-11-12-5-3-2-4-6-12/h2-6,13H,7-11H2,1H3. The van der Waals surface area contributed by atoms with E-state index in [4.69, 9.17) is 4.74 Å². The summed E-state index contributed by atoms with van der Waals surface area (Å²) in [7, 11) is 1.48. The summed E-state index contributed by atoms with van der Waals surface area (Å²) >= 11 is 3.67. The minimum atomic E-state index is -0.0546. The summed E-state index contributed by atoms with van der Waals surface area (Å²) in [6.45, 7) is 1.91. The molecule has 1 heterocycles. The molecule has 3 nitrogen and oxygen atoms in total. The van der Waals surface area contributed by atoms with Crippen LogP contribution in [0.15, 0.2) is 30.3 Å². The van der Waals surface area contributed by atoms with Crippen molar-refractivity contribution in [2.24, 2.45) is 5.92 Å². The summed E-state index contributed by atoms with van der Waals surface area (Å²) in [5, 5.41) is 1.12. The molecule has 20 heavy (non-hydrogen) atoms. The number of ether oxygens (including phenoxy) is 1. The Labute approximate surface area is 134 Å². The molecule has 0 aliphatic carbocycles. The zero-order valence-electron chi connectivity index (χ0n) is 11.6. The van der Waals surface area contributed by atoms with E-state index in [1.807, 2.05) is 0 Å². The van der Waals surface area contributed by atoms with Crippen LogP contribution in [-0.2, 0) is 14.9 Å². The Morgan fingerprint density at radius 2 is 2.00 bits per heavy atom. The normalized spacial score (nSPS) is 15.9. The molecule has 0 saturated carbocycles. The molecule has 1 aromatic carbocycles. The van der Waals surface area contributed by atoms with Crippen LogP contribution < -0.4 is 0 Å². The van der Waals surface area contributed by atoms with Crippen LogP contribution in [0, 0.1) is 5.92 Å². The van der Waals surface area contributed by atoms with Crippen LogP contribution >= 0.6 is 0 Å². The zero-order valence-corrected chi connectivity index (χ0v) is 15.0.